The monoisotopic (exact) mass is 440 g/mol. The van der Waals surface area contributed by atoms with Crippen LogP contribution >= 0.6 is 0 Å². The summed E-state index contributed by atoms with van der Waals surface area (Å²) in [5, 5.41) is 5.54. The molecule has 2 amide bonds. The first kappa shape index (κ1) is 21.8. The molecule has 0 aliphatic carbocycles. The summed E-state index contributed by atoms with van der Waals surface area (Å²) in [6, 6.07) is 12.9. The number of ether oxygens (including phenoxy) is 4. The van der Waals surface area contributed by atoms with E-state index in [1.54, 1.807) is 55.6 Å². The summed E-state index contributed by atoms with van der Waals surface area (Å²) in [6.07, 6.45) is -2.13. The number of anilines is 1. The molecule has 4 rings (SSSR count). The average Bonchev–Trinajstić information content (AvgIpc) is 3.37. The number of Topliss-reactive ketones (excluding diaryl/α,β-unsaturated/α-hetero) is 1. The first-order valence-electron chi connectivity index (χ1n) is 10.2. The van der Waals surface area contributed by atoms with Crippen molar-refractivity contribution in [3.63, 3.8) is 0 Å². The Balaban J connectivity index is 1.30. The van der Waals surface area contributed by atoms with Crippen molar-refractivity contribution < 1.29 is 33.3 Å². The zero-order chi connectivity index (χ0) is 22.7. The lowest BCUT2D eigenvalue weighted by Gasteiger charge is -2.18. The van der Waals surface area contributed by atoms with E-state index in [0.717, 1.165) is 0 Å². The SMILES string of the molecule is COc1ccc(C(=O)N[C@H]2CO[C@H]3[C@H]2OC[C@@H]3OC(=O)Nc2ccc(C(C)=O)cc2)cc1. The van der Waals surface area contributed by atoms with Gasteiger partial charge in [-0.25, -0.2) is 4.79 Å². The van der Waals surface area contributed by atoms with Crippen molar-refractivity contribution in [1.82, 2.24) is 5.32 Å². The van der Waals surface area contributed by atoms with Crippen molar-refractivity contribution in [2.75, 3.05) is 25.6 Å². The molecule has 2 fully saturated rings. The maximum Gasteiger partial charge on any atom is 0.412 e. The number of methoxy groups -OCH3 is 1. The second-order valence-electron chi connectivity index (χ2n) is 7.61. The molecule has 9 heteroatoms. The van der Waals surface area contributed by atoms with Gasteiger partial charge in [0.2, 0.25) is 0 Å². The molecule has 2 saturated heterocycles. The highest BCUT2D eigenvalue weighted by atomic mass is 16.6. The summed E-state index contributed by atoms with van der Waals surface area (Å²) in [4.78, 5) is 36.2. The van der Waals surface area contributed by atoms with Crippen LogP contribution in [0.15, 0.2) is 48.5 Å². The number of nitrogens with one attached hydrogen (secondary N) is 2. The second kappa shape index (κ2) is 9.37. The highest BCUT2D eigenvalue weighted by Gasteiger charge is 2.50. The van der Waals surface area contributed by atoms with Crippen LogP contribution in [0.5, 0.6) is 5.75 Å². The van der Waals surface area contributed by atoms with E-state index in [-0.39, 0.29) is 30.9 Å². The lowest BCUT2D eigenvalue weighted by molar-refractivity contribution is 0.00862. The largest absolute Gasteiger partial charge is 0.497 e. The molecule has 2 aliphatic rings. The number of fused-ring (bicyclic) bond motifs is 1. The number of benzene rings is 2. The Hall–Kier alpha value is -3.43. The van der Waals surface area contributed by atoms with Crippen LogP contribution < -0.4 is 15.4 Å². The molecule has 2 aromatic rings. The Morgan fingerprint density at radius 1 is 0.906 bits per heavy atom. The van der Waals surface area contributed by atoms with Crippen molar-refractivity contribution in [1.29, 1.82) is 0 Å². The van der Waals surface area contributed by atoms with Crippen LogP contribution in [0.1, 0.15) is 27.6 Å². The quantitative estimate of drug-likeness (QED) is 0.664. The fourth-order valence-electron chi connectivity index (χ4n) is 3.76. The van der Waals surface area contributed by atoms with Gasteiger partial charge in [0, 0.05) is 16.8 Å². The van der Waals surface area contributed by atoms with Crippen molar-refractivity contribution in [3.8, 4) is 5.75 Å². The topological polar surface area (TPSA) is 112 Å². The minimum absolute atomic E-state index is 0.0553. The van der Waals surface area contributed by atoms with E-state index >= 15 is 0 Å². The van der Waals surface area contributed by atoms with Gasteiger partial charge >= 0.3 is 6.09 Å². The van der Waals surface area contributed by atoms with Gasteiger partial charge in [-0.05, 0) is 55.5 Å². The molecule has 4 atom stereocenters. The van der Waals surface area contributed by atoms with Gasteiger partial charge in [-0.2, -0.15) is 0 Å². The number of hydrogen-bond donors (Lipinski definition) is 2. The van der Waals surface area contributed by atoms with Gasteiger partial charge < -0.3 is 24.3 Å². The molecule has 32 heavy (non-hydrogen) atoms. The lowest BCUT2D eigenvalue weighted by Crippen LogP contribution is -2.44. The smallest absolute Gasteiger partial charge is 0.412 e. The first-order valence-corrected chi connectivity index (χ1v) is 10.2. The molecule has 0 bridgehead atoms. The summed E-state index contributed by atoms with van der Waals surface area (Å²) in [5.74, 6) is 0.361. The number of carbonyl (C=O) groups is 3. The van der Waals surface area contributed by atoms with E-state index in [0.29, 0.717) is 22.6 Å². The van der Waals surface area contributed by atoms with Crippen LogP contribution in [-0.2, 0) is 14.2 Å². The van der Waals surface area contributed by atoms with Crippen LogP contribution in [-0.4, -0.2) is 62.5 Å². The predicted molar refractivity (Wildman–Crippen MR) is 114 cm³/mol. The van der Waals surface area contributed by atoms with E-state index in [4.69, 9.17) is 18.9 Å². The van der Waals surface area contributed by atoms with Crippen molar-refractivity contribution >= 4 is 23.5 Å². The molecule has 168 valence electrons. The molecule has 2 aliphatic heterocycles. The Labute approximate surface area is 185 Å². The van der Waals surface area contributed by atoms with Gasteiger partial charge in [0.05, 0.1) is 26.4 Å². The van der Waals surface area contributed by atoms with E-state index in [2.05, 4.69) is 10.6 Å². The van der Waals surface area contributed by atoms with E-state index in [1.807, 2.05) is 0 Å². The van der Waals surface area contributed by atoms with Crippen LogP contribution in [0, 0.1) is 0 Å². The number of carbonyl (C=O) groups excluding carboxylic acids is 3. The van der Waals surface area contributed by atoms with Gasteiger partial charge in [0.25, 0.3) is 5.91 Å². The zero-order valence-corrected chi connectivity index (χ0v) is 17.7. The third-order valence-corrected chi connectivity index (χ3v) is 5.47. The molecule has 0 radical (unpaired) electrons. The maximum absolute atomic E-state index is 12.5. The number of amides is 2. The van der Waals surface area contributed by atoms with Crippen molar-refractivity contribution in [2.24, 2.45) is 0 Å². The Morgan fingerprint density at radius 3 is 2.22 bits per heavy atom. The molecule has 0 unspecified atom stereocenters. The molecule has 0 spiro atoms. The Bertz CT molecular complexity index is 990. The van der Waals surface area contributed by atoms with Gasteiger partial charge in [-0.3, -0.25) is 14.9 Å². The van der Waals surface area contributed by atoms with Gasteiger partial charge in [0.15, 0.2) is 11.9 Å². The Morgan fingerprint density at radius 2 is 1.56 bits per heavy atom. The second-order valence-corrected chi connectivity index (χ2v) is 7.61. The van der Waals surface area contributed by atoms with Gasteiger partial charge in [-0.1, -0.05) is 0 Å². The van der Waals surface area contributed by atoms with E-state index in [9.17, 15) is 14.4 Å². The Kier molecular flexibility index (Phi) is 6.38. The summed E-state index contributed by atoms with van der Waals surface area (Å²) < 4.78 is 22.1. The van der Waals surface area contributed by atoms with Crippen molar-refractivity contribution in [2.45, 2.75) is 31.3 Å². The molecular formula is C23H24N2O7. The molecule has 9 nitrogen and oxygen atoms in total. The highest BCUT2D eigenvalue weighted by molar-refractivity contribution is 5.95. The number of ketones is 1. The number of hydrogen-bond acceptors (Lipinski definition) is 7. The fourth-order valence-corrected chi connectivity index (χ4v) is 3.76. The van der Waals surface area contributed by atoms with Crippen LogP contribution in [0.4, 0.5) is 10.5 Å². The first-order chi connectivity index (χ1) is 15.4. The van der Waals surface area contributed by atoms with E-state index < -0.39 is 24.4 Å². The zero-order valence-electron chi connectivity index (χ0n) is 17.7. The van der Waals surface area contributed by atoms with Gasteiger partial charge in [0.1, 0.15) is 18.0 Å². The molecule has 0 aromatic heterocycles. The lowest BCUT2D eigenvalue weighted by atomic mass is 10.1. The normalized spacial score (nSPS) is 23.8. The third-order valence-electron chi connectivity index (χ3n) is 5.47. The summed E-state index contributed by atoms with van der Waals surface area (Å²) >= 11 is 0. The molecule has 2 heterocycles. The standard InChI is InChI=1S/C23H24N2O7/c1-13(26)14-3-7-16(8-4-14)24-23(28)32-19-12-31-20-18(11-30-21(19)20)25-22(27)15-5-9-17(29-2)10-6-15/h3-10,18-21H,11-12H2,1-2H3,(H,24,28)(H,25,27)/t18-,19-,20-,21+/m0/s1. The molecule has 2 aromatic carbocycles. The molecule has 2 N–H and O–H groups in total. The highest BCUT2D eigenvalue weighted by Crippen LogP contribution is 2.29. The van der Waals surface area contributed by atoms with Crippen molar-refractivity contribution in [3.05, 3.63) is 59.7 Å². The molecular weight excluding hydrogens is 416 g/mol. The minimum atomic E-state index is -0.649. The third kappa shape index (κ3) is 4.74. The number of rotatable bonds is 6. The summed E-state index contributed by atoms with van der Waals surface area (Å²) in [5.41, 5.74) is 1.56. The predicted octanol–water partition coefficient (Wildman–Crippen LogP) is 2.41. The summed E-state index contributed by atoms with van der Waals surface area (Å²) in [7, 11) is 1.56. The van der Waals surface area contributed by atoms with Crippen LogP contribution in [0.3, 0.4) is 0 Å². The average molecular weight is 440 g/mol. The molecule has 0 saturated carbocycles. The van der Waals surface area contributed by atoms with Crippen LogP contribution in [0.25, 0.3) is 0 Å². The fraction of sp³-hybridized carbons (Fsp3) is 0.348. The van der Waals surface area contributed by atoms with Gasteiger partial charge in [-0.15, -0.1) is 0 Å². The maximum atomic E-state index is 12.5. The van der Waals surface area contributed by atoms with Crippen LogP contribution in [0.2, 0.25) is 0 Å². The summed E-state index contributed by atoms with van der Waals surface area (Å²) in [6.45, 7) is 1.90. The van der Waals surface area contributed by atoms with E-state index in [1.165, 1.54) is 6.92 Å². The minimum Gasteiger partial charge on any atom is -0.497 e.